The highest BCUT2D eigenvalue weighted by atomic mass is 32.2. The van der Waals surface area contributed by atoms with Crippen molar-refractivity contribution in [2.24, 2.45) is 0 Å². The monoisotopic (exact) mass is 371 g/mol. The van der Waals surface area contributed by atoms with E-state index in [0.717, 1.165) is 50.6 Å². The third-order valence-corrected chi connectivity index (χ3v) is 5.75. The number of aromatic nitrogens is 3. The summed E-state index contributed by atoms with van der Waals surface area (Å²) in [4.78, 5) is 13.5. The van der Waals surface area contributed by atoms with Crippen molar-refractivity contribution in [3.05, 3.63) is 66.5 Å². The number of rotatable bonds is 3. The van der Waals surface area contributed by atoms with Gasteiger partial charge in [-0.2, -0.15) is 0 Å². The standard InChI is InChI=1S/C21H17N5S/c22-20-7-5-13-4-6-14(12-19(13)27-20)25-21-24-11-9-18(26-21)15-2-1-3-17-16(15)8-10-23-17/h1-4,6,8-12,22-23H,5,7H2,(H,24,25,26). The van der Waals surface area contributed by atoms with E-state index in [-0.39, 0.29) is 0 Å². The predicted molar refractivity (Wildman–Crippen MR) is 111 cm³/mol. The van der Waals surface area contributed by atoms with Crippen LogP contribution < -0.4 is 5.32 Å². The van der Waals surface area contributed by atoms with Crippen LogP contribution in [-0.4, -0.2) is 20.0 Å². The molecule has 5 rings (SSSR count). The molecule has 0 saturated carbocycles. The van der Waals surface area contributed by atoms with E-state index in [1.54, 1.807) is 6.20 Å². The third kappa shape index (κ3) is 3.08. The molecule has 1 aliphatic heterocycles. The number of anilines is 2. The molecule has 1 aliphatic rings. The second kappa shape index (κ2) is 6.55. The summed E-state index contributed by atoms with van der Waals surface area (Å²) in [7, 11) is 0. The van der Waals surface area contributed by atoms with Gasteiger partial charge in [-0.1, -0.05) is 30.0 Å². The highest BCUT2D eigenvalue weighted by molar-refractivity contribution is 8.14. The van der Waals surface area contributed by atoms with Crippen LogP contribution in [0.5, 0.6) is 0 Å². The number of hydrogen-bond donors (Lipinski definition) is 3. The van der Waals surface area contributed by atoms with Crippen molar-refractivity contribution in [3.63, 3.8) is 0 Å². The highest BCUT2D eigenvalue weighted by Crippen LogP contribution is 2.34. The average molecular weight is 371 g/mol. The molecule has 0 amide bonds. The van der Waals surface area contributed by atoms with Crippen molar-refractivity contribution in [3.8, 4) is 11.3 Å². The molecule has 3 heterocycles. The lowest BCUT2D eigenvalue weighted by Gasteiger charge is -2.17. The molecule has 0 unspecified atom stereocenters. The zero-order valence-electron chi connectivity index (χ0n) is 14.5. The molecule has 0 bridgehead atoms. The number of nitrogens with zero attached hydrogens (tertiary/aromatic N) is 2. The van der Waals surface area contributed by atoms with Crippen molar-refractivity contribution in [1.82, 2.24) is 15.0 Å². The van der Waals surface area contributed by atoms with Crippen LogP contribution >= 0.6 is 11.8 Å². The first-order chi connectivity index (χ1) is 13.3. The summed E-state index contributed by atoms with van der Waals surface area (Å²) in [5.41, 5.74) is 5.29. The normalized spacial score (nSPS) is 13.6. The van der Waals surface area contributed by atoms with Crippen LogP contribution in [-0.2, 0) is 6.42 Å². The second-order valence-electron chi connectivity index (χ2n) is 6.48. The van der Waals surface area contributed by atoms with Crippen molar-refractivity contribution in [2.45, 2.75) is 17.7 Å². The summed E-state index contributed by atoms with van der Waals surface area (Å²) in [5, 5.41) is 13.1. The van der Waals surface area contributed by atoms with Crippen LogP contribution in [0.1, 0.15) is 12.0 Å². The van der Waals surface area contributed by atoms with Gasteiger partial charge in [0, 0.05) is 39.4 Å². The molecule has 6 heteroatoms. The summed E-state index contributed by atoms with van der Waals surface area (Å²) >= 11 is 1.54. The quantitative estimate of drug-likeness (QED) is 0.451. The van der Waals surface area contributed by atoms with Gasteiger partial charge in [0.2, 0.25) is 5.95 Å². The number of hydrogen-bond acceptors (Lipinski definition) is 5. The van der Waals surface area contributed by atoms with Crippen LogP contribution in [0.2, 0.25) is 0 Å². The fourth-order valence-electron chi connectivity index (χ4n) is 3.37. The maximum Gasteiger partial charge on any atom is 0.227 e. The minimum absolute atomic E-state index is 0.566. The molecule has 0 fully saturated rings. The number of H-pyrrole nitrogens is 1. The molecular weight excluding hydrogens is 354 g/mol. The number of aromatic amines is 1. The van der Waals surface area contributed by atoms with Crippen LogP contribution in [0.3, 0.4) is 0 Å². The molecule has 5 nitrogen and oxygen atoms in total. The first-order valence-corrected chi connectivity index (χ1v) is 9.63. The topological polar surface area (TPSA) is 77.5 Å². The Bertz CT molecular complexity index is 1160. The van der Waals surface area contributed by atoms with Gasteiger partial charge in [-0.3, -0.25) is 5.41 Å². The zero-order chi connectivity index (χ0) is 18.2. The minimum Gasteiger partial charge on any atom is -0.361 e. The van der Waals surface area contributed by atoms with Crippen molar-refractivity contribution < 1.29 is 0 Å². The third-order valence-electron chi connectivity index (χ3n) is 4.70. The van der Waals surface area contributed by atoms with Gasteiger partial charge in [0.1, 0.15) is 0 Å². The molecule has 4 aromatic rings. The van der Waals surface area contributed by atoms with Gasteiger partial charge in [0.25, 0.3) is 0 Å². The van der Waals surface area contributed by atoms with Crippen molar-refractivity contribution >= 4 is 39.3 Å². The van der Waals surface area contributed by atoms with Crippen LogP contribution in [0.15, 0.2) is 65.8 Å². The number of thioether (sulfide) groups is 1. The maximum absolute atomic E-state index is 7.90. The zero-order valence-corrected chi connectivity index (χ0v) is 15.3. The Morgan fingerprint density at radius 1 is 1.07 bits per heavy atom. The summed E-state index contributed by atoms with van der Waals surface area (Å²) in [6.45, 7) is 0. The first kappa shape index (κ1) is 16.1. The number of aryl methyl sites for hydroxylation is 1. The Labute approximate surface area is 160 Å². The van der Waals surface area contributed by atoms with E-state index in [0.29, 0.717) is 5.95 Å². The molecule has 3 N–H and O–H groups in total. The molecule has 0 radical (unpaired) electrons. The summed E-state index contributed by atoms with van der Waals surface area (Å²) in [5.74, 6) is 0.566. The van der Waals surface area contributed by atoms with Gasteiger partial charge < -0.3 is 10.3 Å². The second-order valence-corrected chi connectivity index (χ2v) is 7.62. The van der Waals surface area contributed by atoms with E-state index in [1.165, 1.54) is 17.3 Å². The molecule has 2 aromatic heterocycles. The average Bonchev–Trinajstić information content (AvgIpc) is 3.17. The Balaban J connectivity index is 1.47. The van der Waals surface area contributed by atoms with E-state index in [1.807, 2.05) is 18.3 Å². The number of nitrogens with one attached hydrogen (secondary N) is 3. The van der Waals surface area contributed by atoms with Crippen molar-refractivity contribution in [2.75, 3.05) is 5.32 Å². The fourth-order valence-corrected chi connectivity index (χ4v) is 4.33. The van der Waals surface area contributed by atoms with Gasteiger partial charge in [-0.25, -0.2) is 9.97 Å². The lowest BCUT2D eigenvalue weighted by molar-refractivity contribution is 0.994. The SMILES string of the molecule is N=C1CCc2ccc(Nc3nccc(-c4cccc5[nH]ccc45)n3)cc2S1. The molecule has 0 atom stereocenters. The summed E-state index contributed by atoms with van der Waals surface area (Å²) < 4.78 is 0. The van der Waals surface area contributed by atoms with E-state index in [9.17, 15) is 0 Å². The Kier molecular flexibility index (Phi) is 3.90. The molecule has 2 aromatic carbocycles. The van der Waals surface area contributed by atoms with E-state index < -0.39 is 0 Å². The number of benzene rings is 2. The lowest BCUT2D eigenvalue weighted by Crippen LogP contribution is -2.04. The summed E-state index contributed by atoms with van der Waals surface area (Å²) in [6.07, 6.45) is 5.49. The molecule has 0 aliphatic carbocycles. The molecular formula is C21H17N5S. The largest absolute Gasteiger partial charge is 0.361 e. The van der Waals surface area contributed by atoms with E-state index in [4.69, 9.17) is 10.4 Å². The lowest BCUT2D eigenvalue weighted by atomic mass is 10.1. The minimum atomic E-state index is 0.566. The van der Waals surface area contributed by atoms with Gasteiger partial charge >= 0.3 is 0 Å². The van der Waals surface area contributed by atoms with E-state index >= 15 is 0 Å². The first-order valence-electron chi connectivity index (χ1n) is 8.81. The van der Waals surface area contributed by atoms with Gasteiger partial charge in [0.15, 0.2) is 0 Å². The van der Waals surface area contributed by atoms with Crippen LogP contribution in [0.4, 0.5) is 11.6 Å². The molecule has 0 saturated heterocycles. The molecule has 27 heavy (non-hydrogen) atoms. The predicted octanol–water partition coefficient (Wildman–Crippen LogP) is 5.38. The number of fused-ring (bicyclic) bond motifs is 2. The molecule has 132 valence electrons. The van der Waals surface area contributed by atoms with Gasteiger partial charge in [0.05, 0.1) is 10.7 Å². The van der Waals surface area contributed by atoms with Gasteiger partial charge in [-0.05, 0) is 48.7 Å². The smallest absolute Gasteiger partial charge is 0.227 e. The summed E-state index contributed by atoms with van der Waals surface area (Å²) in [6, 6.07) is 16.4. The Hall–Kier alpha value is -3.12. The van der Waals surface area contributed by atoms with Gasteiger partial charge in [-0.15, -0.1) is 0 Å². The maximum atomic E-state index is 7.90. The Morgan fingerprint density at radius 2 is 2.04 bits per heavy atom. The fraction of sp³-hybridized carbons (Fsp3) is 0.0952. The van der Waals surface area contributed by atoms with Crippen LogP contribution in [0.25, 0.3) is 22.2 Å². The van der Waals surface area contributed by atoms with E-state index in [2.05, 4.69) is 51.7 Å². The molecule has 0 spiro atoms. The van der Waals surface area contributed by atoms with Crippen molar-refractivity contribution in [1.29, 1.82) is 5.41 Å². The Morgan fingerprint density at radius 3 is 3.00 bits per heavy atom. The highest BCUT2D eigenvalue weighted by Gasteiger charge is 2.14. The van der Waals surface area contributed by atoms with Crippen LogP contribution in [0, 0.1) is 5.41 Å².